The average Bonchev–Trinajstić information content (AvgIpc) is 3.39. The first-order valence-electron chi connectivity index (χ1n) is 9.41. The van der Waals surface area contributed by atoms with E-state index in [1.54, 1.807) is 18.2 Å². The number of aliphatic hydroxyl groups excluding tert-OH is 1. The molecule has 1 aromatic heterocycles. The van der Waals surface area contributed by atoms with E-state index >= 15 is 0 Å². The van der Waals surface area contributed by atoms with Gasteiger partial charge in [-0.05, 0) is 60.2 Å². The number of aromatic nitrogens is 2. The molecule has 1 fully saturated rings. The topological polar surface area (TPSA) is 69.2 Å². The molecule has 0 spiro atoms. The van der Waals surface area contributed by atoms with Gasteiger partial charge in [0.25, 0.3) is 5.91 Å². The lowest BCUT2D eigenvalue weighted by atomic mass is 9.98. The van der Waals surface area contributed by atoms with Crippen molar-refractivity contribution in [3.8, 4) is 11.3 Å². The molecule has 2 aromatic carbocycles. The highest BCUT2D eigenvalue weighted by molar-refractivity contribution is 5.93. The molecule has 0 saturated carbocycles. The smallest absolute Gasteiger partial charge is 0.271 e. The highest BCUT2D eigenvalue weighted by Gasteiger charge is 2.28. The summed E-state index contributed by atoms with van der Waals surface area (Å²) < 4.78 is 13.1. The van der Waals surface area contributed by atoms with Gasteiger partial charge in [-0.15, -0.1) is 0 Å². The number of nitrogens with zero attached hydrogens (tertiary/aromatic N) is 2. The summed E-state index contributed by atoms with van der Waals surface area (Å²) in [5.74, 6) is 0.0621. The zero-order valence-electron chi connectivity index (χ0n) is 15.4. The summed E-state index contributed by atoms with van der Waals surface area (Å²) in [4.78, 5) is 14.6. The van der Waals surface area contributed by atoms with Crippen molar-refractivity contribution < 1.29 is 14.3 Å². The molecule has 0 bridgehead atoms. The quantitative estimate of drug-likeness (QED) is 0.714. The summed E-state index contributed by atoms with van der Waals surface area (Å²) in [6, 6.07) is 15.7. The second kappa shape index (κ2) is 7.94. The number of nitrogens with one attached hydrogen (secondary N) is 1. The Morgan fingerprint density at radius 3 is 2.57 bits per heavy atom. The van der Waals surface area contributed by atoms with Gasteiger partial charge in [-0.1, -0.05) is 24.3 Å². The predicted octanol–water partition coefficient (Wildman–Crippen LogP) is 3.41. The fourth-order valence-electron chi connectivity index (χ4n) is 3.67. The molecule has 2 heterocycles. The number of carbonyl (C=O) groups excluding carboxylic acids is 1. The van der Waals surface area contributed by atoms with E-state index in [-0.39, 0.29) is 18.3 Å². The lowest BCUT2D eigenvalue weighted by molar-refractivity contribution is 0.0781. The Balaban J connectivity index is 1.38. The molecule has 144 valence electrons. The van der Waals surface area contributed by atoms with Gasteiger partial charge in [-0.3, -0.25) is 9.89 Å². The molecule has 2 N–H and O–H groups in total. The van der Waals surface area contributed by atoms with E-state index in [2.05, 4.69) is 10.2 Å². The van der Waals surface area contributed by atoms with Gasteiger partial charge >= 0.3 is 0 Å². The van der Waals surface area contributed by atoms with Crippen LogP contribution in [0, 0.1) is 11.7 Å². The van der Waals surface area contributed by atoms with Gasteiger partial charge in [0.1, 0.15) is 11.5 Å². The molecule has 0 aliphatic carbocycles. The predicted molar refractivity (Wildman–Crippen MR) is 104 cm³/mol. The Morgan fingerprint density at radius 1 is 1.14 bits per heavy atom. The van der Waals surface area contributed by atoms with E-state index in [1.807, 2.05) is 29.2 Å². The number of benzene rings is 2. The van der Waals surface area contributed by atoms with Crippen molar-refractivity contribution >= 4 is 5.91 Å². The van der Waals surface area contributed by atoms with Crippen LogP contribution in [0.1, 0.15) is 28.0 Å². The molecule has 5 nitrogen and oxygen atoms in total. The zero-order chi connectivity index (χ0) is 19.5. The monoisotopic (exact) mass is 379 g/mol. The number of hydrogen-bond donors (Lipinski definition) is 2. The lowest BCUT2D eigenvalue weighted by Gasteiger charge is -2.15. The third-order valence-electron chi connectivity index (χ3n) is 5.25. The van der Waals surface area contributed by atoms with Crippen molar-refractivity contribution in [1.29, 1.82) is 0 Å². The standard InChI is InChI=1S/C22H22FN3O2/c23-19-7-5-18(6-8-19)20-12-21(25-24-20)22(28)26-10-9-17(13-26)11-15-1-3-16(14-27)4-2-15/h1-8,12,17,27H,9-11,13-14H2,(H,24,25)/t17-/m1/s1. The summed E-state index contributed by atoms with van der Waals surface area (Å²) in [5.41, 5.74) is 3.97. The second-order valence-electron chi connectivity index (χ2n) is 7.26. The number of rotatable bonds is 5. The van der Waals surface area contributed by atoms with E-state index in [0.29, 0.717) is 23.9 Å². The SMILES string of the molecule is O=C(c1cc(-c2ccc(F)cc2)n[nH]1)N1CC[C@H](Cc2ccc(CO)cc2)C1. The zero-order valence-corrected chi connectivity index (χ0v) is 15.4. The van der Waals surface area contributed by atoms with Gasteiger partial charge in [0.15, 0.2) is 0 Å². The Kier molecular flexibility index (Phi) is 5.21. The molecular weight excluding hydrogens is 357 g/mol. The van der Waals surface area contributed by atoms with Crippen LogP contribution in [0.2, 0.25) is 0 Å². The van der Waals surface area contributed by atoms with Crippen LogP contribution >= 0.6 is 0 Å². The van der Waals surface area contributed by atoms with Crippen molar-refractivity contribution in [3.05, 3.63) is 77.2 Å². The van der Waals surface area contributed by atoms with E-state index in [9.17, 15) is 9.18 Å². The van der Waals surface area contributed by atoms with Crippen LogP contribution in [-0.4, -0.2) is 39.2 Å². The van der Waals surface area contributed by atoms with Gasteiger partial charge < -0.3 is 10.0 Å². The summed E-state index contributed by atoms with van der Waals surface area (Å²) >= 11 is 0. The largest absolute Gasteiger partial charge is 0.392 e. The second-order valence-corrected chi connectivity index (χ2v) is 7.26. The van der Waals surface area contributed by atoms with Crippen molar-refractivity contribution in [2.24, 2.45) is 5.92 Å². The van der Waals surface area contributed by atoms with Gasteiger partial charge in [0, 0.05) is 18.7 Å². The summed E-state index contributed by atoms with van der Waals surface area (Å²) in [7, 11) is 0. The Labute approximate surface area is 162 Å². The number of carbonyl (C=O) groups is 1. The normalized spacial score (nSPS) is 16.5. The minimum Gasteiger partial charge on any atom is -0.392 e. The van der Waals surface area contributed by atoms with Crippen molar-refractivity contribution in [1.82, 2.24) is 15.1 Å². The van der Waals surface area contributed by atoms with Gasteiger partial charge in [0.05, 0.1) is 12.3 Å². The number of aliphatic hydroxyl groups is 1. The molecule has 4 rings (SSSR count). The number of amides is 1. The maximum absolute atomic E-state index is 13.1. The van der Waals surface area contributed by atoms with E-state index in [1.165, 1.54) is 17.7 Å². The third-order valence-corrected chi connectivity index (χ3v) is 5.25. The molecule has 0 radical (unpaired) electrons. The molecule has 1 atom stereocenters. The summed E-state index contributed by atoms with van der Waals surface area (Å²) in [5, 5.41) is 16.1. The first kappa shape index (κ1) is 18.4. The van der Waals surface area contributed by atoms with Crippen molar-refractivity contribution in [2.45, 2.75) is 19.4 Å². The highest BCUT2D eigenvalue weighted by atomic mass is 19.1. The van der Waals surface area contributed by atoms with E-state index in [4.69, 9.17) is 5.11 Å². The minimum atomic E-state index is -0.301. The number of H-pyrrole nitrogens is 1. The molecule has 1 saturated heterocycles. The molecule has 3 aromatic rings. The molecule has 1 aliphatic rings. The number of halogens is 1. The molecule has 6 heteroatoms. The summed E-state index contributed by atoms with van der Waals surface area (Å²) in [6.07, 6.45) is 1.88. The Hall–Kier alpha value is -2.99. The molecule has 1 amide bonds. The van der Waals surface area contributed by atoms with Gasteiger partial charge in [-0.2, -0.15) is 5.10 Å². The molecule has 0 unspecified atom stereocenters. The number of hydrogen-bond acceptors (Lipinski definition) is 3. The van der Waals surface area contributed by atoms with Crippen LogP contribution < -0.4 is 0 Å². The van der Waals surface area contributed by atoms with E-state index < -0.39 is 0 Å². The van der Waals surface area contributed by atoms with Crippen LogP contribution in [-0.2, 0) is 13.0 Å². The first-order chi connectivity index (χ1) is 13.6. The summed E-state index contributed by atoms with van der Waals surface area (Å²) in [6.45, 7) is 1.49. The van der Waals surface area contributed by atoms with Crippen molar-refractivity contribution in [3.63, 3.8) is 0 Å². The van der Waals surface area contributed by atoms with Crippen LogP contribution in [0.4, 0.5) is 4.39 Å². The number of aromatic amines is 1. The van der Waals surface area contributed by atoms with E-state index in [0.717, 1.165) is 30.5 Å². The van der Waals surface area contributed by atoms with Crippen LogP contribution in [0.3, 0.4) is 0 Å². The van der Waals surface area contributed by atoms with Crippen molar-refractivity contribution in [2.75, 3.05) is 13.1 Å². The number of likely N-dealkylation sites (tertiary alicyclic amines) is 1. The maximum atomic E-state index is 13.1. The van der Waals surface area contributed by atoms with Gasteiger partial charge in [0.2, 0.25) is 0 Å². The Morgan fingerprint density at radius 2 is 1.86 bits per heavy atom. The van der Waals surface area contributed by atoms with Crippen LogP contribution in [0.15, 0.2) is 54.6 Å². The van der Waals surface area contributed by atoms with Crippen LogP contribution in [0.25, 0.3) is 11.3 Å². The maximum Gasteiger partial charge on any atom is 0.271 e. The molecular formula is C22H22FN3O2. The lowest BCUT2D eigenvalue weighted by Crippen LogP contribution is -2.29. The Bertz CT molecular complexity index is 951. The fourth-order valence-corrected chi connectivity index (χ4v) is 3.67. The minimum absolute atomic E-state index is 0.0517. The third kappa shape index (κ3) is 3.97. The molecule has 1 aliphatic heterocycles. The highest BCUT2D eigenvalue weighted by Crippen LogP contribution is 2.24. The molecule has 28 heavy (non-hydrogen) atoms. The first-order valence-corrected chi connectivity index (χ1v) is 9.41. The average molecular weight is 379 g/mol. The fraction of sp³-hybridized carbons (Fsp3) is 0.273. The van der Waals surface area contributed by atoms with Crippen LogP contribution in [0.5, 0.6) is 0 Å². The van der Waals surface area contributed by atoms with Gasteiger partial charge in [-0.25, -0.2) is 4.39 Å².